The molecule has 0 unspecified atom stereocenters. The molecule has 4 nitrogen and oxygen atoms in total. The zero-order valence-corrected chi connectivity index (χ0v) is 17.4. The minimum Gasteiger partial charge on any atom is -0.493 e. The summed E-state index contributed by atoms with van der Waals surface area (Å²) in [6, 6.07) is 10.1. The van der Waals surface area contributed by atoms with E-state index in [9.17, 15) is 4.39 Å². The van der Waals surface area contributed by atoms with Crippen molar-refractivity contribution in [2.24, 2.45) is 0 Å². The fourth-order valence-electron chi connectivity index (χ4n) is 2.62. The summed E-state index contributed by atoms with van der Waals surface area (Å²) in [4.78, 5) is 0. The fourth-order valence-corrected chi connectivity index (χ4v) is 2.84. The summed E-state index contributed by atoms with van der Waals surface area (Å²) in [7, 11) is 1.61. The van der Waals surface area contributed by atoms with Gasteiger partial charge in [0.1, 0.15) is 12.4 Å². The van der Waals surface area contributed by atoms with Crippen molar-refractivity contribution in [1.82, 2.24) is 5.32 Å². The van der Waals surface area contributed by atoms with Crippen LogP contribution in [0.15, 0.2) is 36.4 Å². The number of rotatable bonds is 13. The Morgan fingerprint density at radius 1 is 1.04 bits per heavy atom. The quantitative estimate of drug-likeness (QED) is 0.452. The van der Waals surface area contributed by atoms with Gasteiger partial charge < -0.3 is 19.5 Å². The summed E-state index contributed by atoms with van der Waals surface area (Å²) in [5.41, 5.74) is 1.83. The molecule has 0 saturated carbocycles. The van der Waals surface area contributed by atoms with Gasteiger partial charge in [0, 0.05) is 25.3 Å². The molecular weight excluding hydrogens is 381 g/mol. The standard InChI is InChI=1S/C22H29ClFNO3/c1-3-4-11-27-12-5-10-25-15-17-6-9-21(22(13-17)26-2)28-16-18-7-8-19(24)14-20(18)23/h6-9,13-14,25H,3-5,10-12,15-16H2,1-2H3. The van der Waals surface area contributed by atoms with E-state index in [4.69, 9.17) is 25.8 Å². The van der Waals surface area contributed by atoms with Crippen LogP contribution in [0.4, 0.5) is 4.39 Å². The molecule has 0 atom stereocenters. The monoisotopic (exact) mass is 409 g/mol. The second-order valence-electron chi connectivity index (χ2n) is 6.51. The largest absolute Gasteiger partial charge is 0.493 e. The van der Waals surface area contributed by atoms with E-state index in [0.717, 1.165) is 56.7 Å². The SMILES string of the molecule is CCCCOCCCNCc1ccc(OCc2ccc(F)cc2Cl)c(OC)c1. The molecule has 2 aromatic carbocycles. The second-order valence-corrected chi connectivity index (χ2v) is 6.91. The van der Waals surface area contributed by atoms with Crippen LogP contribution in [0.2, 0.25) is 5.02 Å². The zero-order chi connectivity index (χ0) is 20.2. The van der Waals surface area contributed by atoms with E-state index in [1.165, 1.54) is 12.1 Å². The predicted octanol–water partition coefficient (Wildman–Crippen LogP) is 5.36. The van der Waals surface area contributed by atoms with E-state index < -0.39 is 0 Å². The first-order valence-corrected chi connectivity index (χ1v) is 10.0. The summed E-state index contributed by atoms with van der Waals surface area (Å²) in [5, 5.41) is 3.75. The number of halogens is 2. The van der Waals surface area contributed by atoms with Gasteiger partial charge >= 0.3 is 0 Å². The molecule has 0 aliphatic carbocycles. The molecular formula is C22H29ClFNO3. The summed E-state index contributed by atoms with van der Waals surface area (Å²) in [5.74, 6) is 0.909. The lowest BCUT2D eigenvalue weighted by molar-refractivity contribution is 0.129. The number of ether oxygens (including phenoxy) is 3. The van der Waals surface area contributed by atoms with Crippen LogP contribution in [0.3, 0.4) is 0 Å². The molecule has 0 saturated heterocycles. The van der Waals surface area contributed by atoms with Gasteiger partial charge in [0.05, 0.1) is 12.1 Å². The lowest BCUT2D eigenvalue weighted by atomic mass is 10.2. The highest BCUT2D eigenvalue weighted by molar-refractivity contribution is 6.31. The molecule has 0 amide bonds. The highest BCUT2D eigenvalue weighted by Crippen LogP contribution is 2.29. The van der Waals surface area contributed by atoms with Crippen molar-refractivity contribution >= 4 is 11.6 Å². The topological polar surface area (TPSA) is 39.7 Å². The molecule has 0 aromatic heterocycles. The lowest BCUT2D eigenvalue weighted by Crippen LogP contribution is -2.16. The van der Waals surface area contributed by atoms with E-state index in [1.54, 1.807) is 13.2 Å². The molecule has 0 heterocycles. The predicted molar refractivity (Wildman–Crippen MR) is 111 cm³/mol. The molecule has 28 heavy (non-hydrogen) atoms. The van der Waals surface area contributed by atoms with Crippen molar-refractivity contribution in [3.63, 3.8) is 0 Å². The minimum atomic E-state index is -0.365. The van der Waals surface area contributed by atoms with Crippen molar-refractivity contribution in [3.05, 3.63) is 58.4 Å². The fraction of sp³-hybridized carbons (Fsp3) is 0.455. The molecule has 0 radical (unpaired) electrons. The van der Waals surface area contributed by atoms with Crippen LogP contribution in [0.1, 0.15) is 37.3 Å². The van der Waals surface area contributed by atoms with E-state index in [1.807, 2.05) is 18.2 Å². The van der Waals surface area contributed by atoms with Crippen LogP contribution < -0.4 is 14.8 Å². The van der Waals surface area contributed by atoms with Crippen LogP contribution in [-0.2, 0) is 17.9 Å². The van der Waals surface area contributed by atoms with E-state index in [0.29, 0.717) is 16.5 Å². The Kier molecular flexibility index (Phi) is 10.1. The maximum atomic E-state index is 13.1. The number of hydrogen-bond donors (Lipinski definition) is 1. The lowest BCUT2D eigenvalue weighted by Gasteiger charge is -2.13. The minimum absolute atomic E-state index is 0.241. The Morgan fingerprint density at radius 3 is 2.61 bits per heavy atom. The third-order valence-electron chi connectivity index (χ3n) is 4.24. The van der Waals surface area contributed by atoms with E-state index in [-0.39, 0.29) is 12.4 Å². The number of nitrogens with one attached hydrogen (secondary N) is 1. The number of methoxy groups -OCH3 is 1. The van der Waals surface area contributed by atoms with Gasteiger partial charge in [0.2, 0.25) is 0 Å². The van der Waals surface area contributed by atoms with Crippen LogP contribution in [0.5, 0.6) is 11.5 Å². The van der Waals surface area contributed by atoms with Gasteiger partial charge in [-0.05, 0) is 49.2 Å². The van der Waals surface area contributed by atoms with Gasteiger partial charge in [0.15, 0.2) is 11.5 Å². The molecule has 1 N–H and O–H groups in total. The van der Waals surface area contributed by atoms with Crippen molar-refractivity contribution in [3.8, 4) is 11.5 Å². The highest BCUT2D eigenvalue weighted by atomic mass is 35.5. The molecule has 154 valence electrons. The maximum Gasteiger partial charge on any atom is 0.161 e. The summed E-state index contributed by atoms with van der Waals surface area (Å²) >= 11 is 6.04. The Morgan fingerprint density at radius 2 is 1.86 bits per heavy atom. The van der Waals surface area contributed by atoms with Gasteiger partial charge in [-0.2, -0.15) is 0 Å². The molecule has 0 aliphatic heterocycles. The smallest absolute Gasteiger partial charge is 0.161 e. The molecule has 0 spiro atoms. The van der Waals surface area contributed by atoms with Crippen molar-refractivity contribution in [2.45, 2.75) is 39.3 Å². The van der Waals surface area contributed by atoms with Crippen LogP contribution >= 0.6 is 11.6 Å². The zero-order valence-electron chi connectivity index (χ0n) is 16.6. The normalized spacial score (nSPS) is 10.9. The van der Waals surface area contributed by atoms with E-state index in [2.05, 4.69) is 12.2 Å². The van der Waals surface area contributed by atoms with Crippen molar-refractivity contribution < 1.29 is 18.6 Å². The molecule has 6 heteroatoms. The van der Waals surface area contributed by atoms with Crippen LogP contribution in [0.25, 0.3) is 0 Å². The number of benzene rings is 2. The highest BCUT2D eigenvalue weighted by Gasteiger charge is 2.08. The number of hydrogen-bond acceptors (Lipinski definition) is 4. The third-order valence-corrected chi connectivity index (χ3v) is 4.59. The first kappa shape index (κ1) is 22.5. The average Bonchev–Trinajstić information content (AvgIpc) is 2.69. The Balaban J connectivity index is 1.79. The molecule has 0 aliphatic rings. The average molecular weight is 410 g/mol. The van der Waals surface area contributed by atoms with Crippen molar-refractivity contribution in [2.75, 3.05) is 26.9 Å². The summed E-state index contributed by atoms with van der Waals surface area (Å²) in [6.07, 6.45) is 3.27. The van der Waals surface area contributed by atoms with Gasteiger partial charge in [0.25, 0.3) is 0 Å². The Hall–Kier alpha value is -1.82. The van der Waals surface area contributed by atoms with Gasteiger partial charge in [-0.25, -0.2) is 4.39 Å². The van der Waals surface area contributed by atoms with Gasteiger partial charge in [-0.15, -0.1) is 0 Å². The number of unbranched alkanes of at least 4 members (excludes halogenated alkanes) is 1. The molecule has 2 aromatic rings. The summed E-state index contributed by atoms with van der Waals surface area (Å²) in [6.45, 7) is 5.68. The second kappa shape index (κ2) is 12.6. The van der Waals surface area contributed by atoms with Gasteiger partial charge in [-0.3, -0.25) is 0 Å². The third kappa shape index (κ3) is 7.66. The first-order valence-electron chi connectivity index (χ1n) is 9.66. The molecule has 0 bridgehead atoms. The molecule has 2 rings (SSSR count). The van der Waals surface area contributed by atoms with Crippen LogP contribution in [0, 0.1) is 5.82 Å². The van der Waals surface area contributed by atoms with Crippen molar-refractivity contribution in [1.29, 1.82) is 0 Å². The summed E-state index contributed by atoms with van der Waals surface area (Å²) < 4.78 is 29.9. The molecule has 0 fully saturated rings. The van der Waals surface area contributed by atoms with E-state index >= 15 is 0 Å². The first-order chi connectivity index (χ1) is 13.6. The Labute approximate surface area is 171 Å². The van der Waals surface area contributed by atoms with Crippen LogP contribution in [-0.4, -0.2) is 26.9 Å². The Bertz CT molecular complexity index is 727. The maximum absolute atomic E-state index is 13.1. The van der Waals surface area contributed by atoms with Gasteiger partial charge in [-0.1, -0.05) is 37.1 Å².